The first kappa shape index (κ1) is 11.0. The van der Waals surface area contributed by atoms with Gasteiger partial charge in [0, 0.05) is 5.75 Å². The molecule has 1 N–H and O–H groups in total. The minimum Gasteiger partial charge on any atom is -0.478 e. The SMILES string of the molecule is CC(C)CSc1nnccc1C(=O)O. The predicted molar refractivity (Wildman–Crippen MR) is 54.6 cm³/mol. The van der Waals surface area contributed by atoms with E-state index in [4.69, 9.17) is 5.11 Å². The van der Waals surface area contributed by atoms with E-state index >= 15 is 0 Å². The normalized spacial score (nSPS) is 10.5. The standard InChI is InChI=1S/C9H12N2O2S/c1-6(2)5-14-8-7(9(12)13)3-4-10-11-8/h3-4,6H,5H2,1-2H3,(H,12,13). The summed E-state index contributed by atoms with van der Waals surface area (Å²) in [5.41, 5.74) is 0.227. The third kappa shape index (κ3) is 2.99. The predicted octanol–water partition coefficient (Wildman–Crippen LogP) is 1.92. The van der Waals surface area contributed by atoms with Gasteiger partial charge in [-0.1, -0.05) is 13.8 Å². The van der Waals surface area contributed by atoms with Crippen molar-refractivity contribution in [3.05, 3.63) is 17.8 Å². The van der Waals surface area contributed by atoms with E-state index < -0.39 is 5.97 Å². The fraction of sp³-hybridized carbons (Fsp3) is 0.444. The van der Waals surface area contributed by atoms with E-state index in [1.54, 1.807) is 0 Å². The van der Waals surface area contributed by atoms with Crippen LogP contribution in [0.1, 0.15) is 24.2 Å². The zero-order valence-electron chi connectivity index (χ0n) is 8.10. The summed E-state index contributed by atoms with van der Waals surface area (Å²) in [6.07, 6.45) is 1.39. The molecule has 76 valence electrons. The average Bonchev–Trinajstić information content (AvgIpc) is 2.15. The van der Waals surface area contributed by atoms with Gasteiger partial charge in [0.15, 0.2) is 0 Å². The van der Waals surface area contributed by atoms with Crippen molar-refractivity contribution in [2.45, 2.75) is 18.9 Å². The number of nitrogens with zero attached hydrogens (tertiary/aromatic N) is 2. The lowest BCUT2D eigenvalue weighted by molar-refractivity contribution is 0.0692. The van der Waals surface area contributed by atoms with E-state index in [1.807, 2.05) is 0 Å². The molecule has 0 radical (unpaired) electrons. The van der Waals surface area contributed by atoms with E-state index in [0.717, 1.165) is 5.75 Å². The van der Waals surface area contributed by atoms with Crippen LogP contribution in [0.5, 0.6) is 0 Å². The van der Waals surface area contributed by atoms with Crippen LogP contribution in [-0.2, 0) is 0 Å². The summed E-state index contributed by atoms with van der Waals surface area (Å²) in [4.78, 5) is 10.8. The van der Waals surface area contributed by atoms with Crippen molar-refractivity contribution >= 4 is 17.7 Å². The number of thioether (sulfide) groups is 1. The quantitative estimate of drug-likeness (QED) is 0.772. The number of hydrogen-bond acceptors (Lipinski definition) is 4. The van der Waals surface area contributed by atoms with E-state index in [2.05, 4.69) is 24.0 Å². The van der Waals surface area contributed by atoms with Crippen molar-refractivity contribution in [2.75, 3.05) is 5.75 Å². The second-order valence-electron chi connectivity index (χ2n) is 3.26. The van der Waals surface area contributed by atoms with Crippen molar-refractivity contribution in [2.24, 2.45) is 5.92 Å². The van der Waals surface area contributed by atoms with Crippen LogP contribution >= 0.6 is 11.8 Å². The molecule has 0 aliphatic rings. The Morgan fingerprint density at radius 1 is 1.64 bits per heavy atom. The first-order valence-corrected chi connectivity index (χ1v) is 5.27. The average molecular weight is 212 g/mol. The highest BCUT2D eigenvalue weighted by molar-refractivity contribution is 7.99. The second kappa shape index (κ2) is 4.95. The van der Waals surface area contributed by atoms with Gasteiger partial charge in [-0.3, -0.25) is 0 Å². The molecule has 0 bridgehead atoms. The van der Waals surface area contributed by atoms with Crippen LogP contribution in [0.3, 0.4) is 0 Å². The molecule has 0 aliphatic carbocycles. The van der Waals surface area contributed by atoms with Crippen molar-refractivity contribution in [1.82, 2.24) is 10.2 Å². The molecule has 1 heterocycles. The molecule has 1 aromatic rings. The maximum atomic E-state index is 10.8. The number of carbonyl (C=O) groups is 1. The first-order chi connectivity index (χ1) is 6.61. The number of rotatable bonds is 4. The zero-order valence-corrected chi connectivity index (χ0v) is 8.91. The summed E-state index contributed by atoms with van der Waals surface area (Å²) in [7, 11) is 0. The largest absolute Gasteiger partial charge is 0.478 e. The molecule has 0 aromatic carbocycles. The van der Waals surface area contributed by atoms with Gasteiger partial charge in [-0.2, -0.15) is 5.10 Å². The molecular weight excluding hydrogens is 200 g/mol. The second-order valence-corrected chi connectivity index (χ2v) is 4.27. The minimum absolute atomic E-state index is 0.227. The van der Waals surface area contributed by atoms with Gasteiger partial charge in [0.2, 0.25) is 0 Å². The highest BCUT2D eigenvalue weighted by Crippen LogP contribution is 2.21. The Kier molecular flexibility index (Phi) is 3.88. The molecule has 1 rings (SSSR count). The van der Waals surface area contributed by atoms with Gasteiger partial charge in [0.25, 0.3) is 0 Å². The molecule has 0 unspecified atom stereocenters. The molecule has 0 saturated heterocycles. The lowest BCUT2D eigenvalue weighted by Gasteiger charge is -2.04. The maximum absolute atomic E-state index is 10.8. The van der Waals surface area contributed by atoms with E-state index in [9.17, 15) is 4.79 Å². The van der Waals surface area contributed by atoms with E-state index in [-0.39, 0.29) is 5.56 Å². The van der Waals surface area contributed by atoms with Crippen LogP contribution in [0, 0.1) is 5.92 Å². The van der Waals surface area contributed by atoms with Gasteiger partial charge in [-0.25, -0.2) is 4.79 Å². The van der Waals surface area contributed by atoms with Crippen molar-refractivity contribution < 1.29 is 9.90 Å². The van der Waals surface area contributed by atoms with E-state index in [1.165, 1.54) is 24.0 Å². The number of hydrogen-bond donors (Lipinski definition) is 1. The molecule has 0 saturated carbocycles. The van der Waals surface area contributed by atoms with Crippen LogP contribution in [-0.4, -0.2) is 27.0 Å². The highest BCUT2D eigenvalue weighted by Gasteiger charge is 2.11. The molecule has 0 amide bonds. The lowest BCUT2D eigenvalue weighted by atomic mass is 10.3. The van der Waals surface area contributed by atoms with Crippen LogP contribution in [0.2, 0.25) is 0 Å². The Morgan fingerprint density at radius 3 is 2.93 bits per heavy atom. The van der Waals surface area contributed by atoms with Gasteiger partial charge in [0.1, 0.15) is 5.03 Å². The van der Waals surface area contributed by atoms with Gasteiger partial charge in [-0.05, 0) is 12.0 Å². The summed E-state index contributed by atoms with van der Waals surface area (Å²) >= 11 is 1.43. The molecule has 14 heavy (non-hydrogen) atoms. The van der Waals surface area contributed by atoms with Gasteiger partial charge >= 0.3 is 5.97 Å². The van der Waals surface area contributed by atoms with Crippen LogP contribution in [0.4, 0.5) is 0 Å². The number of aromatic carboxylic acids is 1. The molecule has 5 heteroatoms. The zero-order chi connectivity index (χ0) is 10.6. The van der Waals surface area contributed by atoms with Crippen LogP contribution in [0.25, 0.3) is 0 Å². The monoisotopic (exact) mass is 212 g/mol. The maximum Gasteiger partial charge on any atom is 0.338 e. The fourth-order valence-corrected chi connectivity index (χ4v) is 1.74. The van der Waals surface area contributed by atoms with Crippen molar-refractivity contribution in [3.63, 3.8) is 0 Å². The first-order valence-electron chi connectivity index (χ1n) is 4.29. The Balaban J connectivity index is 2.79. The Labute approximate surface area is 86.7 Å². The van der Waals surface area contributed by atoms with Gasteiger partial charge in [0.05, 0.1) is 11.8 Å². The molecule has 0 spiro atoms. The topological polar surface area (TPSA) is 63.1 Å². The number of carboxylic acids is 1. The van der Waals surface area contributed by atoms with Crippen molar-refractivity contribution in [3.8, 4) is 0 Å². The van der Waals surface area contributed by atoms with E-state index in [0.29, 0.717) is 10.9 Å². The number of carboxylic acid groups (broad SMARTS) is 1. The molecule has 0 aliphatic heterocycles. The van der Waals surface area contributed by atoms with Crippen molar-refractivity contribution in [1.29, 1.82) is 0 Å². The Morgan fingerprint density at radius 2 is 2.36 bits per heavy atom. The third-order valence-electron chi connectivity index (χ3n) is 1.47. The Hall–Kier alpha value is -1.10. The van der Waals surface area contributed by atoms with Crippen LogP contribution in [0.15, 0.2) is 17.3 Å². The Bertz CT molecular complexity index is 328. The summed E-state index contributed by atoms with van der Waals surface area (Å²) < 4.78 is 0. The minimum atomic E-state index is -0.953. The highest BCUT2D eigenvalue weighted by atomic mass is 32.2. The van der Waals surface area contributed by atoms with Gasteiger partial charge in [-0.15, -0.1) is 16.9 Å². The molecular formula is C9H12N2O2S. The van der Waals surface area contributed by atoms with Gasteiger partial charge < -0.3 is 5.11 Å². The summed E-state index contributed by atoms with van der Waals surface area (Å²) in [5, 5.41) is 16.8. The summed E-state index contributed by atoms with van der Waals surface area (Å²) in [6, 6.07) is 1.47. The fourth-order valence-electron chi connectivity index (χ4n) is 0.834. The van der Waals surface area contributed by atoms with Crippen LogP contribution < -0.4 is 0 Å². The summed E-state index contributed by atoms with van der Waals surface area (Å²) in [5.74, 6) is 0.397. The summed E-state index contributed by atoms with van der Waals surface area (Å²) in [6.45, 7) is 4.15. The molecule has 0 atom stereocenters. The molecule has 0 fully saturated rings. The molecule has 1 aromatic heterocycles. The number of aromatic nitrogens is 2. The smallest absolute Gasteiger partial charge is 0.338 e. The lowest BCUT2D eigenvalue weighted by Crippen LogP contribution is -2.03. The third-order valence-corrected chi connectivity index (χ3v) is 2.88. The molecule has 4 nitrogen and oxygen atoms in total.